The zero-order valence-electron chi connectivity index (χ0n) is 18.5. The van der Waals surface area contributed by atoms with E-state index in [0.717, 1.165) is 46.8 Å². The van der Waals surface area contributed by atoms with Gasteiger partial charge >= 0.3 is 0 Å². The average Bonchev–Trinajstić information content (AvgIpc) is 2.86. The second-order valence-corrected chi connectivity index (χ2v) is 10.3. The van der Waals surface area contributed by atoms with Crippen molar-refractivity contribution in [3.8, 4) is 11.3 Å². The number of aryl methyl sites for hydroxylation is 1. The molecule has 4 aromatic rings. The highest BCUT2D eigenvalue weighted by atomic mass is 32.2. The van der Waals surface area contributed by atoms with Crippen molar-refractivity contribution in [2.24, 2.45) is 0 Å². The van der Waals surface area contributed by atoms with Crippen LogP contribution >= 0.6 is 0 Å². The lowest BCUT2D eigenvalue weighted by Crippen LogP contribution is -2.35. The van der Waals surface area contributed by atoms with E-state index in [1.54, 1.807) is 10.4 Å². The van der Waals surface area contributed by atoms with E-state index in [9.17, 15) is 8.42 Å². The third-order valence-electron chi connectivity index (χ3n) is 6.12. The number of sulfonamides is 1. The van der Waals surface area contributed by atoms with E-state index < -0.39 is 10.0 Å². The molecule has 0 radical (unpaired) electrons. The molecule has 1 aliphatic rings. The van der Waals surface area contributed by atoms with E-state index in [0.29, 0.717) is 29.5 Å². The third kappa shape index (κ3) is 4.21. The van der Waals surface area contributed by atoms with Gasteiger partial charge in [0.1, 0.15) is 5.69 Å². The Morgan fingerprint density at radius 3 is 2.27 bits per heavy atom. The highest BCUT2D eigenvalue weighted by molar-refractivity contribution is 7.89. The molecule has 1 aromatic heterocycles. The number of nitrogens with zero attached hydrogens (tertiary/aromatic N) is 3. The fourth-order valence-electron chi connectivity index (χ4n) is 4.34. The summed E-state index contributed by atoms with van der Waals surface area (Å²) in [5.74, 6) is 0.661. The van der Waals surface area contributed by atoms with E-state index in [4.69, 9.17) is 0 Å². The minimum Gasteiger partial charge on any atom is -0.338 e. The lowest BCUT2D eigenvalue weighted by Gasteiger charge is -2.26. The topological polar surface area (TPSA) is 75.2 Å². The Kier molecular flexibility index (Phi) is 5.83. The predicted molar refractivity (Wildman–Crippen MR) is 132 cm³/mol. The van der Waals surface area contributed by atoms with Gasteiger partial charge in [-0.15, -0.1) is 10.2 Å². The number of hydrogen-bond acceptors (Lipinski definition) is 5. The highest BCUT2D eigenvalue weighted by Gasteiger charge is 2.28. The van der Waals surface area contributed by atoms with E-state index in [1.807, 2.05) is 73.7 Å². The molecule has 0 atom stereocenters. The van der Waals surface area contributed by atoms with E-state index in [1.165, 1.54) is 0 Å². The van der Waals surface area contributed by atoms with Gasteiger partial charge in [-0.3, -0.25) is 0 Å². The summed E-state index contributed by atoms with van der Waals surface area (Å²) >= 11 is 0. The normalized spacial score (nSPS) is 14.9. The van der Waals surface area contributed by atoms with Crippen LogP contribution in [-0.2, 0) is 10.0 Å². The number of piperidine rings is 1. The largest absolute Gasteiger partial charge is 0.338 e. The monoisotopic (exact) mass is 458 g/mol. The molecule has 0 spiro atoms. The number of fused-ring (bicyclic) bond motifs is 1. The van der Waals surface area contributed by atoms with Gasteiger partial charge in [0.15, 0.2) is 5.82 Å². The van der Waals surface area contributed by atoms with Crippen LogP contribution < -0.4 is 5.32 Å². The molecule has 6 nitrogen and oxygen atoms in total. The van der Waals surface area contributed by atoms with Crippen LogP contribution in [0.1, 0.15) is 24.8 Å². The molecular formula is C26H26N4O2S. The summed E-state index contributed by atoms with van der Waals surface area (Å²) < 4.78 is 28.4. The molecule has 1 aliphatic heterocycles. The van der Waals surface area contributed by atoms with Gasteiger partial charge in [-0.2, -0.15) is 4.31 Å². The van der Waals surface area contributed by atoms with Gasteiger partial charge in [-0.25, -0.2) is 8.42 Å². The van der Waals surface area contributed by atoms with Crippen molar-refractivity contribution in [3.05, 3.63) is 78.4 Å². The van der Waals surface area contributed by atoms with Gasteiger partial charge in [-0.1, -0.05) is 61.0 Å². The van der Waals surface area contributed by atoms with Crippen LogP contribution in [-0.4, -0.2) is 36.0 Å². The quantitative estimate of drug-likeness (QED) is 0.426. The summed E-state index contributed by atoms with van der Waals surface area (Å²) in [7, 11) is -3.55. The van der Waals surface area contributed by atoms with E-state index in [2.05, 4.69) is 15.5 Å². The molecular weight excluding hydrogens is 432 g/mol. The van der Waals surface area contributed by atoms with Crippen molar-refractivity contribution in [3.63, 3.8) is 0 Å². The highest BCUT2D eigenvalue weighted by Crippen LogP contribution is 2.33. The Labute approximate surface area is 194 Å². The second kappa shape index (κ2) is 8.92. The number of aromatic nitrogens is 2. The first kappa shape index (κ1) is 21.6. The number of para-hydroxylation sites is 1. The first-order valence-electron chi connectivity index (χ1n) is 11.2. The maximum atomic E-state index is 13.4. The summed E-state index contributed by atoms with van der Waals surface area (Å²) in [4.78, 5) is 0.347. The van der Waals surface area contributed by atoms with Crippen LogP contribution in [0.3, 0.4) is 0 Å². The Morgan fingerprint density at radius 2 is 1.52 bits per heavy atom. The smallest absolute Gasteiger partial charge is 0.243 e. The first-order valence-corrected chi connectivity index (χ1v) is 12.7. The summed E-state index contributed by atoms with van der Waals surface area (Å²) in [6.07, 6.45) is 2.89. The molecule has 7 heteroatoms. The Morgan fingerprint density at radius 1 is 0.818 bits per heavy atom. The zero-order valence-corrected chi connectivity index (χ0v) is 19.3. The van der Waals surface area contributed by atoms with E-state index >= 15 is 0 Å². The van der Waals surface area contributed by atoms with Crippen molar-refractivity contribution >= 4 is 32.3 Å². The van der Waals surface area contributed by atoms with Crippen LogP contribution in [0.4, 0.5) is 11.5 Å². The molecule has 0 saturated carbocycles. The molecule has 1 fully saturated rings. The molecule has 0 aliphatic carbocycles. The summed E-state index contributed by atoms with van der Waals surface area (Å²) in [6.45, 7) is 3.00. The Balaban J connectivity index is 1.59. The summed E-state index contributed by atoms with van der Waals surface area (Å²) in [5, 5.41) is 14.2. The van der Waals surface area contributed by atoms with Crippen molar-refractivity contribution in [2.45, 2.75) is 31.1 Å². The van der Waals surface area contributed by atoms with Crippen LogP contribution in [0.2, 0.25) is 0 Å². The fourth-order valence-corrected chi connectivity index (χ4v) is 6.11. The molecule has 0 unspecified atom stereocenters. The third-order valence-corrected chi connectivity index (χ3v) is 8.16. The van der Waals surface area contributed by atoms with Crippen LogP contribution in [0, 0.1) is 6.92 Å². The molecule has 1 N–H and O–H groups in total. The number of hydrogen-bond donors (Lipinski definition) is 1. The number of rotatable bonds is 5. The summed E-state index contributed by atoms with van der Waals surface area (Å²) in [5.41, 5.74) is 3.07. The van der Waals surface area contributed by atoms with Crippen LogP contribution in [0.15, 0.2) is 77.7 Å². The van der Waals surface area contributed by atoms with Gasteiger partial charge in [-0.05, 0) is 43.5 Å². The lowest BCUT2D eigenvalue weighted by molar-refractivity contribution is 0.346. The lowest BCUT2D eigenvalue weighted by atomic mass is 10.0. The van der Waals surface area contributed by atoms with Gasteiger partial charge in [0, 0.05) is 35.1 Å². The number of benzene rings is 3. The molecule has 3 aromatic carbocycles. The average molecular weight is 459 g/mol. The van der Waals surface area contributed by atoms with Gasteiger partial charge in [0.25, 0.3) is 0 Å². The molecule has 2 heterocycles. The molecule has 5 rings (SSSR count). The Bertz CT molecular complexity index is 1400. The predicted octanol–water partition coefficient (Wildman–Crippen LogP) is 5.52. The standard InChI is InChI=1S/C26H26N4O2S/c1-19-14-15-20(18-24(19)33(31,32)30-16-8-3-9-17-30)25-22-12-6-7-13-23(22)26(29-28-25)27-21-10-4-2-5-11-21/h2,4-7,10-15,18H,3,8-9,16-17H2,1H3,(H,27,29). The SMILES string of the molecule is Cc1ccc(-c2nnc(Nc3ccccc3)c3ccccc23)cc1S(=O)(=O)N1CCCCC1. The maximum absolute atomic E-state index is 13.4. The fraction of sp³-hybridized carbons (Fsp3) is 0.231. The second-order valence-electron chi connectivity index (χ2n) is 8.38. The van der Waals surface area contributed by atoms with Crippen molar-refractivity contribution in [2.75, 3.05) is 18.4 Å². The van der Waals surface area contributed by atoms with Crippen molar-refractivity contribution < 1.29 is 8.42 Å². The van der Waals surface area contributed by atoms with Crippen LogP contribution in [0.5, 0.6) is 0 Å². The summed E-state index contributed by atoms with van der Waals surface area (Å²) in [6, 6.07) is 23.3. The molecule has 1 saturated heterocycles. The molecule has 0 bridgehead atoms. The van der Waals surface area contributed by atoms with Gasteiger partial charge < -0.3 is 5.32 Å². The van der Waals surface area contributed by atoms with Crippen molar-refractivity contribution in [1.82, 2.24) is 14.5 Å². The minimum atomic E-state index is -3.55. The first-order chi connectivity index (χ1) is 16.0. The molecule has 0 amide bonds. The van der Waals surface area contributed by atoms with Crippen LogP contribution in [0.25, 0.3) is 22.0 Å². The number of nitrogens with one attached hydrogen (secondary N) is 1. The Hall–Kier alpha value is -3.29. The van der Waals surface area contributed by atoms with Gasteiger partial charge in [0.2, 0.25) is 10.0 Å². The molecule has 33 heavy (non-hydrogen) atoms. The zero-order chi connectivity index (χ0) is 22.8. The van der Waals surface area contributed by atoms with Gasteiger partial charge in [0.05, 0.1) is 4.90 Å². The molecule has 168 valence electrons. The number of anilines is 2. The minimum absolute atomic E-state index is 0.347. The van der Waals surface area contributed by atoms with E-state index in [-0.39, 0.29) is 0 Å². The maximum Gasteiger partial charge on any atom is 0.243 e. The van der Waals surface area contributed by atoms with Crippen molar-refractivity contribution in [1.29, 1.82) is 0 Å².